The molecule has 0 spiro atoms. The predicted octanol–water partition coefficient (Wildman–Crippen LogP) is 8.42. The van der Waals surface area contributed by atoms with Crippen LogP contribution in [0.25, 0.3) is 0 Å². The summed E-state index contributed by atoms with van der Waals surface area (Å²) in [7, 11) is 0. The first kappa shape index (κ1) is 49.4. The van der Waals surface area contributed by atoms with Crippen LogP contribution >= 0.6 is 0 Å². The van der Waals surface area contributed by atoms with E-state index < -0.39 is 61.3 Å². The molecule has 11 heteroatoms. The number of carbonyl (C=O) groups is 3. The Morgan fingerprint density at radius 3 is 1.65 bits per heavy atom. The van der Waals surface area contributed by atoms with Gasteiger partial charge in [-0.2, -0.15) is 0 Å². The number of carboxylic acid groups (broad SMARTS) is 1. The van der Waals surface area contributed by atoms with E-state index in [1.165, 1.54) is 57.8 Å². The van der Waals surface area contributed by atoms with Crippen LogP contribution in [-0.2, 0) is 33.3 Å². The molecule has 0 saturated carbocycles. The van der Waals surface area contributed by atoms with Gasteiger partial charge in [-0.3, -0.25) is 9.59 Å². The number of unbranched alkanes of at least 4 members (excludes halogenated alkanes) is 17. The van der Waals surface area contributed by atoms with E-state index in [2.05, 4.69) is 50.3 Å². The fourth-order valence-electron chi connectivity index (χ4n) is 6.19. The standard InChI is InChI=1S/C43H74O11/c1-3-5-7-9-11-13-15-16-17-18-19-20-22-23-25-27-29-31-36(44)51-33-35(34-52-43-40(48)38(46)39(47)41(54-43)42(49)50)53-37(45)32-30-28-26-24-21-14-12-10-8-6-4-2/h5,7,11,13,16-17,35,38-41,43,46-48H,3-4,6,8-10,12,14-15,18-34H2,1-2H3,(H,49,50)/b7-5-,13-11-,17-16-. The topological polar surface area (TPSA) is 169 Å². The zero-order chi connectivity index (χ0) is 39.7. The Labute approximate surface area is 325 Å². The fourth-order valence-corrected chi connectivity index (χ4v) is 6.19. The minimum atomic E-state index is -1.86. The van der Waals surface area contributed by atoms with Crippen LogP contribution in [0.1, 0.15) is 168 Å². The molecule has 0 aliphatic carbocycles. The van der Waals surface area contributed by atoms with Gasteiger partial charge in [-0.1, -0.05) is 147 Å². The Hall–Kier alpha value is -2.57. The van der Waals surface area contributed by atoms with E-state index in [1.54, 1.807) is 0 Å². The van der Waals surface area contributed by atoms with E-state index in [4.69, 9.17) is 18.9 Å². The molecule has 312 valence electrons. The van der Waals surface area contributed by atoms with Gasteiger partial charge in [0.25, 0.3) is 0 Å². The molecule has 1 fully saturated rings. The second kappa shape index (κ2) is 33.7. The molecular weight excluding hydrogens is 692 g/mol. The lowest BCUT2D eigenvalue weighted by Gasteiger charge is -2.38. The largest absolute Gasteiger partial charge is 0.479 e. The molecule has 0 aromatic rings. The first-order valence-corrected chi connectivity index (χ1v) is 21.0. The summed E-state index contributed by atoms with van der Waals surface area (Å²) in [6.45, 7) is 3.67. The van der Waals surface area contributed by atoms with Crippen molar-refractivity contribution in [3.05, 3.63) is 36.5 Å². The molecule has 54 heavy (non-hydrogen) atoms. The average molecular weight is 767 g/mol. The maximum atomic E-state index is 12.7. The van der Waals surface area contributed by atoms with Crippen molar-refractivity contribution in [3.63, 3.8) is 0 Å². The molecule has 0 amide bonds. The van der Waals surface area contributed by atoms with E-state index in [0.717, 1.165) is 70.6 Å². The molecule has 1 saturated heterocycles. The number of carboxylic acids is 1. The zero-order valence-electron chi connectivity index (χ0n) is 33.5. The lowest BCUT2D eigenvalue weighted by Crippen LogP contribution is -2.60. The summed E-state index contributed by atoms with van der Waals surface area (Å²) >= 11 is 0. The number of allylic oxidation sites excluding steroid dienone is 6. The quantitative estimate of drug-likeness (QED) is 0.0282. The normalized spacial score (nSPS) is 20.9. The molecule has 1 aliphatic rings. The maximum Gasteiger partial charge on any atom is 0.335 e. The molecule has 4 N–H and O–H groups in total. The smallest absolute Gasteiger partial charge is 0.335 e. The Balaban J connectivity index is 2.38. The number of ether oxygens (including phenoxy) is 4. The van der Waals surface area contributed by atoms with Gasteiger partial charge in [-0.05, 0) is 44.9 Å². The third-order valence-corrected chi connectivity index (χ3v) is 9.50. The molecule has 1 heterocycles. The van der Waals surface area contributed by atoms with Gasteiger partial charge in [0.05, 0.1) is 6.61 Å². The van der Waals surface area contributed by atoms with Crippen LogP contribution < -0.4 is 0 Å². The highest BCUT2D eigenvalue weighted by atomic mass is 16.7. The molecular formula is C43H74O11. The van der Waals surface area contributed by atoms with Gasteiger partial charge in [-0.25, -0.2) is 4.79 Å². The summed E-state index contributed by atoms with van der Waals surface area (Å²) in [5, 5.41) is 39.7. The van der Waals surface area contributed by atoms with Gasteiger partial charge >= 0.3 is 17.9 Å². The van der Waals surface area contributed by atoms with Crippen molar-refractivity contribution in [1.82, 2.24) is 0 Å². The predicted molar refractivity (Wildman–Crippen MR) is 211 cm³/mol. The average Bonchev–Trinajstić information content (AvgIpc) is 3.15. The van der Waals surface area contributed by atoms with Crippen molar-refractivity contribution in [2.24, 2.45) is 0 Å². The molecule has 6 atom stereocenters. The zero-order valence-corrected chi connectivity index (χ0v) is 33.5. The van der Waals surface area contributed by atoms with Gasteiger partial charge in [0.1, 0.15) is 24.9 Å². The highest BCUT2D eigenvalue weighted by Crippen LogP contribution is 2.23. The Morgan fingerprint density at radius 2 is 1.09 bits per heavy atom. The SMILES string of the molecule is CC/C=C\C/C=C\C/C=C\CCCCCCCCCC(=O)OCC(COC1OC(C(=O)O)C(O)C(O)C1O)OC(=O)CCCCCCCCCCCCC. The minimum absolute atomic E-state index is 0.182. The Morgan fingerprint density at radius 1 is 0.593 bits per heavy atom. The first-order valence-electron chi connectivity index (χ1n) is 21.0. The van der Waals surface area contributed by atoms with E-state index in [-0.39, 0.29) is 19.4 Å². The van der Waals surface area contributed by atoms with Crippen LogP contribution in [0.5, 0.6) is 0 Å². The number of hydrogen-bond acceptors (Lipinski definition) is 10. The second-order valence-electron chi connectivity index (χ2n) is 14.5. The second-order valence-corrected chi connectivity index (χ2v) is 14.5. The number of rotatable bonds is 34. The van der Waals surface area contributed by atoms with Crippen molar-refractivity contribution < 1.29 is 53.8 Å². The Kier molecular flexibility index (Phi) is 30.9. The van der Waals surface area contributed by atoms with Crippen LogP contribution in [-0.4, -0.2) is 88.4 Å². The van der Waals surface area contributed by atoms with E-state index in [9.17, 15) is 34.8 Å². The summed E-state index contributed by atoms with van der Waals surface area (Å²) in [6.07, 6.45) is 27.7. The molecule has 1 aliphatic heterocycles. The van der Waals surface area contributed by atoms with E-state index in [1.807, 2.05) is 0 Å². The van der Waals surface area contributed by atoms with Gasteiger partial charge in [-0.15, -0.1) is 0 Å². The van der Waals surface area contributed by atoms with Crippen LogP contribution in [0, 0.1) is 0 Å². The summed E-state index contributed by atoms with van der Waals surface area (Å²) in [6, 6.07) is 0. The van der Waals surface area contributed by atoms with Gasteiger partial charge in [0, 0.05) is 12.8 Å². The molecule has 1 rings (SSSR count). The highest BCUT2D eigenvalue weighted by Gasteiger charge is 2.47. The van der Waals surface area contributed by atoms with E-state index >= 15 is 0 Å². The molecule has 0 aromatic carbocycles. The molecule has 6 unspecified atom stereocenters. The number of hydrogen-bond donors (Lipinski definition) is 4. The number of esters is 2. The minimum Gasteiger partial charge on any atom is -0.479 e. The fraction of sp³-hybridized carbons (Fsp3) is 0.791. The first-order chi connectivity index (χ1) is 26.2. The lowest BCUT2D eigenvalue weighted by molar-refractivity contribution is -0.298. The molecule has 0 radical (unpaired) electrons. The van der Waals surface area contributed by atoms with E-state index in [0.29, 0.717) is 12.8 Å². The number of carbonyl (C=O) groups excluding carboxylic acids is 2. The van der Waals surface area contributed by atoms with Crippen LogP contribution in [0.4, 0.5) is 0 Å². The van der Waals surface area contributed by atoms with Crippen LogP contribution in [0.2, 0.25) is 0 Å². The number of aliphatic hydroxyl groups excluding tert-OH is 3. The van der Waals surface area contributed by atoms with Crippen molar-refractivity contribution in [3.8, 4) is 0 Å². The summed E-state index contributed by atoms with van der Waals surface area (Å²) in [4.78, 5) is 36.7. The van der Waals surface area contributed by atoms with Crippen LogP contribution in [0.3, 0.4) is 0 Å². The third kappa shape index (κ3) is 25.5. The highest BCUT2D eigenvalue weighted by molar-refractivity contribution is 5.73. The summed E-state index contributed by atoms with van der Waals surface area (Å²) in [5.74, 6) is -2.46. The molecule has 0 bridgehead atoms. The van der Waals surface area contributed by atoms with Crippen molar-refractivity contribution in [2.45, 2.75) is 205 Å². The van der Waals surface area contributed by atoms with Crippen molar-refractivity contribution >= 4 is 17.9 Å². The summed E-state index contributed by atoms with van der Waals surface area (Å²) < 4.78 is 21.7. The Bertz CT molecular complexity index is 1040. The van der Waals surface area contributed by atoms with Gasteiger partial charge in [0.2, 0.25) is 0 Å². The van der Waals surface area contributed by atoms with Crippen molar-refractivity contribution in [2.75, 3.05) is 13.2 Å². The third-order valence-electron chi connectivity index (χ3n) is 9.50. The van der Waals surface area contributed by atoms with Gasteiger partial charge in [0.15, 0.2) is 18.5 Å². The molecule has 11 nitrogen and oxygen atoms in total. The number of aliphatic hydroxyl groups is 3. The maximum absolute atomic E-state index is 12.7. The molecule has 0 aromatic heterocycles. The van der Waals surface area contributed by atoms with Crippen molar-refractivity contribution in [1.29, 1.82) is 0 Å². The monoisotopic (exact) mass is 767 g/mol. The van der Waals surface area contributed by atoms with Crippen LogP contribution in [0.15, 0.2) is 36.5 Å². The summed E-state index contributed by atoms with van der Waals surface area (Å²) in [5.41, 5.74) is 0. The number of aliphatic carboxylic acids is 1. The lowest BCUT2D eigenvalue weighted by atomic mass is 9.99. The van der Waals surface area contributed by atoms with Gasteiger partial charge < -0.3 is 39.4 Å².